The highest BCUT2D eigenvalue weighted by atomic mass is 35.5. The number of benzene rings is 2. The van der Waals surface area contributed by atoms with Crippen LogP contribution in [-0.2, 0) is 27.0 Å². The molecule has 2 heterocycles. The summed E-state index contributed by atoms with van der Waals surface area (Å²) in [6, 6.07) is 15.5. The molecule has 0 N–H and O–H groups in total. The van der Waals surface area contributed by atoms with Crippen molar-refractivity contribution in [2.45, 2.75) is 37.9 Å². The van der Waals surface area contributed by atoms with Gasteiger partial charge in [-0.1, -0.05) is 59.6 Å². The normalized spacial score (nSPS) is 19.0. The van der Waals surface area contributed by atoms with Gasteiger partial charge in [-0.25, -0.2) is 12.7 Å². The fraction of sp³-hybridized carbons (Fsp3) is 0.480. The van der Waals surface area contributed by atoms with Crippen molar-refractivity contribution in [1.82, 2.24) is 9.21 Å². The van der Waals surface area contributed by atoms with Gasteiger partial charge in [0.15, 0.2) is 0 Å². The quantitative estimate of drug-likeness (QED) is 0.550. The molecule has 2 aliphatic rings. The van der Waals surface area contributed by atoms with Crippen LogP contribution in [0, 0.1) is 11.8 Å². The van der Waals surface area contributed by atoms with Crippen molar-refractivity contribution in [2.24, 2.45) is 11.8 Å². The number of hydrogen-bond acceptors (Lipinski definition) is 3. The van der Waals surface area contributed by atoms with Crippen molar-refractivity contribution in [1.29, 1.82) is 0 Å². The van der Waals surface area contributed by atoms with E-state index in [9.17, 15) is 13.2 Å². The highest BCUT2D eigenvalue weighted by molar-refractivity contribution is 7.88. The molecular weight excluding hydrogens is 479 g/mol. The van der Waals surface area contributed by atoms with Crippen LogP contribution in [0.5, 0.6) is 0 Å². The minimum Gasteiger partial charge on any atom is -0.342 e. The predicted octanol–water partition coefficient (Wildman–Crippen LogP) is 5.02. The van der Waals surface area contributed by atoms with E-state index in [1.165, 1.54) is 9.87 Å². The monoisotopic (exact) mass is 508 g/mol. The number of carbonyl (C=O) groups is 1. The highest BCUT2D eigenvalue weighted by Gasteiger charge is 2.34. The van der Waals surface area contributed by atoms with Gasteiger partial charge in [-0.15, -0.1) is 0 Å². The van der Waals surface area contributed by atoms with E-state index in [4.69, 9.17) is 23.2 Å². The molecule has 0 saturated carbocycles. The number of nitrogens with zero attached hydrogens (tertiary/aromatic N) is 2. The van der Waals surface area contributed by atoms with Crippen LogP contribution in [0.15, 0.2) is 48.5 Å². The third kappa shape index (κ3) is 6.10. The largest absolute Gasteiger partial charge is 0.342 e. The Kier molecular flexibility index (Phi) is 8.00. The molecule has 2 aromatic carbocycles. The summed E-state index contributed by atoms with van der Waals surface area (Å²) in [5.41, 5.74) is 1.78. The predicted molar refractivity (Wildman–Crippen MR) is 133 cm³/mol. The molecule has 2 aromatic rings. The molecule has 33 heavy (non-hydrogen) atoms. The van der Waals surface area contributed by atoms with E-state index >= 15 is 0 Å². The standard InChI is InChI=1S/C25H30Cl2N2O3S/c26-23-7-4-8-24(27)22(23)18-33(31,32)29-15-11-21(12-16-29)25(30)28-13-9-20(10-14-28)17-19-5-2-1-3-6-19/h1-8,20-21H,9-18H2. The summed E-state index contributed by atoms with van der Waals surface area (Å²) in [6.07, 6.45) is 4.21. The van der Waals surface area contributed by atoms with Crippen molar-refractivity contribution in [3.8, 4) is 0 Å². The molecule has 2 fully saturated rings. The van der Waals surface area contributed by atoms with Gasteiger partial charge in [-0.05, 0) is 55.7 Å². The molecule has 0 atom stereocenters. The zero-order valence-electron chi connectivity index (χ0n) is 18.6. The van der Waals surface area contributed by atoms with E-state index in [2.05, 4.69) is 24.3 Å². The highest BCUT2D eigenvalue weighted by Crippen LogP contribution is 2.30. The maximum Gasteiger partial charge on any atom is 0.225 e. The van der Waals surface area contributed by atoms with Gasteiger partial charge in [-0.2, -0.15) is 0 Å². The van der Waals surface area contributed by atoms with Gasteiger partial charge in [0.25, 0.3) is 0 Å². The fourth-order valence-corrected chi connectivity index (χ4v) is 7.20. The lowest BCUT2D eigenvalue weighted by Crippen LogP contribution is -2.46. The summed E-state index contributed by atoms with van der Waals surface area (Å²) in [5.74, 6) is 0.462. The minimum absolute atomic E-state index is 0.106. The van der Waals surface area contributed by atoms with Gasteiger partial charge in [0.1, 0.15) is 0 Å². The van der Waals surface area contributed by atoms with Crippen LogP contribution in [0.3, 0.4) is 0 Å². The van der Waals surface area contributed by atoms with Gasteiger partial charge >= 0.3 is 0 Å². The van der Waals surface area contributed by atoms with Gasteiger partial charge in [0.2, 0.25) is 15.9 Å². The van der Waals surface area contributed by atoms with E-state index in [0.717, 1.165) is 32.4 Å². The van der Waals surface area contributed by atoms with Crippen molar-refractivity contribution in [3.63, 3.8) is 0 Å². The van der Waals surface area contributed by atoms with Crippen molar-refractivity contribution >= 4 is 39.1 Å². The number of hydrogen-bond donors (Lipinski definition) is 0. The van der Waals surface area contributed by atoms with Crippen LogP contribution in [0.2, 0.25) is 10.0 Å². The Labute approximate surface area is 206 Å². The molecule has 2 aliphatic heterocycles. The average Bonchev–Trinajstić information content (AvgIpc) is 2.82. The first-order valence-electron chi connectivity index (χ1n) is 11.6. The number of amides is 1. The average molecular weight is 509 g/mol. The molecule has 0 aliphatic carbocycles. The van der Waals surface area contributed by atoms with Gasteiger partial charge in [0.05, 0.1) is 5.75 Å². The summed E-state index contributed by atoms with van der Waals surface area (Å²) in [7, 11) is -3.55. The van der Waals surface area contributed by atoms with Crippen molar-refractivity contribution in [2.75, 3.05) is 26.2 Å². The maximum atomic E-state index is 13.1. The van der Waals surface area contributed by atoms with Crippen LogP contribution in [-0.4, -0.2) is 49.7 Å². The van der Waals surface area contributed by atoms with Crippen LogP contribution in [0.4, 0.5) is 0 Å². The van der Waals surface area contributed by atoms with Crippen molar-refractivity contribution in [3.05, 3.63) is 69.7 Å². The fourth-order valence-electron chi connectivity index (χ4n) is 4.89. The molecule has 4 rings (SSSR count). The molecule has 1 amide bonds. The Hall–Kier alpha value is -1.60. The van der Waals surface area contributed by atoms with Gasteiger partial charge in [-0.3, -0.25) is 4.79 Å². The van der Waals surface area contributed by atoms with Crippen molar-refractivity contribution < 1.29 is 13.2 Å². The lowest BCUT2D eigenvalue weighted by molar-refractivity contribution is -0.138. The Morgan fingerprint density at radius 2 is 1.45 bits per heavy atom. The summed E-state index contributed by atoms with van der Waals surface area (Å²) in [4.78, 5) is 15.1. The minimum atomic E-state index is -3.55. The lowest BCUT2D eigenvalue weighted by Gasteiger charge is -2.37. The van der Waals surface area contributed by atoms with Crippen LogP contribution in [0.25, 0.3) is 0 Å². The Balaban J connectivity index is 1.27. The molecule has 5 nitrogen and oxygen atoms in total. The van der Waals surface area contributed by atoms with E-state index in [0.29, 0.717) is 47.5 Å². The van der Waals surface area contributed by atoms with Crippen LogP contribution >= 0.6 is 23.2 Å². The molecule has 0 unspecified atom stereocenters. The Morgan fingerprint density at radius 3 is 2.06 bits per heavy atom. The second-order valence-electron chi connectivity index (χ2n) is 9.09. The zero-order chi connectivity index (χ0) is 23.4. The SMILES string of the molecule is O=C(C1CCN(S(=O)(=O)Cc2c(Cl)cccc2Cl)CC1)N1CCC(Cc2ccccc2)CC1. The summed E-state index contributed by atoms with van der Waals surface area (Å²) < 4.78 is 27.3. The first kappa shape index (κ1) is 24.5. The number of carbonyl (C=O) groups excluding carboxylic acids is 1. The first-order chi connectivity index (χ1) is 15.8. The van der Waals surface area contributed by atoms with Gasteiger partial charge in [0, 0.05) is 47.7 Å². The Bertz CT molecular complexity index is 1040. The number of piperidine rings is 2. The third-order valence-electron chi connectivity index (χ3n) is 6.88. The molecule has 2 saturated heterocycles. The molecule has 0 bridgehead atoms. The Morgan fingerprint density at radius 1 is 0.848 bits per heavy atom. The summed E-state index contributed by atoms with van der Waals surface area (Å²) >= 11 is 12.3. The molecule has 0 aromatic heterocycles. The molecule has 8 heteroatoms. The number of halogens is 2. The van der Waals surface area contributed by atoms with E-state index in [1.807, 2.05) is 11.0 Å². The molecular formula is C25H30Cl2N2O3S. The summed E-state index contributed by atoms with van der Waals surface area (Å²) in [5, 5.41) is 0.707. The van der Waals surface area contributed by atoms with Gasteiger partial charge < -0.3 is 4.90 Å². The number of sulfonamides is 1. The smallest absolute Gasteiger partial charge is 0.225 e. The first-order valence-corrected chi connectivity index (χ1v) is 13.9. The molecule has 0 spiro atoms. The lowest BCUT2D eigenvalue weighted by atomic mass is 9.89. The molecule has 0 radical (unpaired) electrons. The molecule has 178 valence electrons. The van der Waals surface area contributed by atoms with Crippen LogP contribution < -0.4 is 0 Å². The second kappa shape index (κ2) is 10.8. The third-order valence-corrected chi connectivity index (χ3v) is 9.39. The van der Waals surface area contributed by atoms with E-state index in [1.54, 1.807) is 18.2 Å². The summed E-state index contributed by atoms with van der Waals surface area (Å²) in [6.45, 7) is 2.29. The topological polar surface area (TPSA) is 57.7 Å². The van der Waals surface area contributed by atoms with Crippen LogP contribution in [0.1, 0.15) is 36.8 Å². The maximum absolute atomic E-state index is 13.1. The second-order valence-corrected chi connectivity index (χ2v) is 11.9. The number of rotatable bonds is 6. The van der Waals surface area contributed by atoms with E-state index in [-0.39, 0.29) is 17.6 Å². The zero-order valence-corrected chi connectivity index (χ0v) is 21.0. The number of likely N-dealkylation sites (tertiary alicyclic amines) is 1. The van der Waals surface area contributed by atoms with E-state index < -0.39 is 10.0 Å².